The Morgan fingerprint density at radius 1 is 0.889 bits per heavy atom. The van der Waals surface area contributed by atoms with Crippen molar-refractivity contribution in [2.45, 2.75) is 6.54 Å². The number of hydrogen-bond donors (Lipinski definition) is 1. The van der Waals surface area contributed by atoms with Crippen LogP contribution < -0.4 is 19.7 Å². The fraction of sp³-hybridized carbons (Fsp3) is 0.320. The lowest BCUT2D eigenvalue weighted by Crippen LogP contribution is -2.45. The largest absolute Gasteiger partial charge is 0.493 e. The van der Waals surface area contributed by atoms with Crippen LogP contribution in [0, 0.1) is 5.82 Å². The van der Waals surface area contributed by atoms with Crippen LogP contribution in [0.5, 0.6) is 11.5 Å². The second-order valence-electron chi connectivity index (χ2n) is 8.52. The molecule has 0 bridgehead atoms. The Hall–Kier alpha value is -4.12. The van der Waals surface area contributed by atoms with Gasteiger partial charge >= 0.3 is 0 Å². The van der Waals surface area contributed by atoms with Crippen LogP contribution in [-0.4, -0.2) is 77.5 Å². The average molecular weight is 491 g/mol. The molecule has 11 heteroatoms. The number of rotatable bonds is 7. The number of nitrogens with one attached hydrogen (secondary N) is 1. The van der Waals surface area contributed by atoms with Gasteiger partial charge in [-0.05, 0) is 42.9 Å². The van der Waals surface area contributed by atoms with Gasteiger partial charge in [0.2, 0.25) is 11.6 Å². The first-order chi connectivity index (χ1) is 17.5. The minimum Gasteiger partial charge on any atom is -0.493 e. The molecule has 1 N–H and O–H groups in total. The first-order valence-electron chi connectivity index (χ1n) is 11.6. The number of likely N-dealkylation sites (N-methyl/N-ethyl adjacent to an activating group) is 1. The van der Waals surface area contributed by atoms with E-state index in [0.29, 0.717) is 46.8 Å². The number of methoxy groups -OCH3 is 2. The van der Waals surface area contributed by atoms with Crippen molar-refractivity contribution < 1.29 is 13.9 Å². The molecule has 2 aromatic heterocycles. The monoisotopic (exact) mass is 490 g/mol. The predicted octanol–water partition coefficient (Wildman–Crippen LogP) is 3.00. The Labute approximate surface area is 208 Å². The Kier molecular flexibility index (Phi) is 6.72. The Morgan fingerprint density at radius 3 is 2.36 bits per heavy atom. The highest BCUT2D eigenvalue weighted by atomic mass is 19.1. The molecular weight excluding hydrogens is 463 g/mol. The van der Waals surface area contributed by atoms with Crippen LogP contribution in [0.3, 0.4) is 0 Å². The Balaban J connectivity index is 1.53. The number of ether oxygens (including phenoxy) is 2. The molecule has 1 fully saturated rings. The molecule has 36 heavy (non-hydrogen) atoms. The van der Waals surface area contributed by atoms with Crippen LogP contribution in [-0.2, 0) is 6.54 Å². The zero-order valence-electron chi connectivity index (χ0n) is 20.4. The van der Waals surface area contributed by atoms with E-state index in [1.165, 1.54) is 12.1 Å². The third-order valence-electron chi connectivity index (χ3n) is 6.11. The van der Waals surface area contributed by atoms with Crippen LogP contribution in [0.4, 0.5) is 16.2 Å². The van der Waals surface area contributed by atoms with E-state index in [-0.39, 0.29) is 5.82 Å². The van der Waals surface area contributed by atoms with E-state index in [0.717, 1.165) is 37.3 Å². The summed E-state index contributed by atoms with van der Waals surface area (Å²) in [5, 5.41) is 11.9. The zero-order chi connectivity index (χ0) is 25.1. The van der Waals surface area contributed by atoms with Crippen LogP contribution in [0.15, 0.2) is 42.5 Å². The Bertz CT molecular complexity index is 1360. The smallest absolute Gasteiger partial charge is 0.227 e. The van der Waals surface area contributed by atoms with Crippen molar-refractivity contribution in [2.24, 2.45) is 0 Å². The normalized spacial score (nSPS) is 14.2. The molecule has 0 spiro atoms. The molecule has 1 aliphatic rings. The van der Waals surface area contributed by atoms with Gasteiger partial charge in [-0.2, -0.15) is 9.97 Å². The van der Waals surface area contributed by atoms with Crippen LogP contribution in [0.2, 0.25) is 0 Å². The quantitative estimate of drug-likeness (QED) is 0.416. The highest BCUT2D eigenvalue weighted by Gasteiger charge is 2.22. The maximum absolute atomic E-state index is 13.3. The number of fused-ring (bicyclic) bond motifs is 1. The van der Waals surface area contributed by atoms with E-state index in [9.17, 15) is 4.39 Å². The van der Waals surface area contributed by atoms with Gasteiger partial charge in [-0.3, -0.25) is 0 Å². The highest BCUT2D eigenvalue weighted by molar-refractivity contribution is 5.85. The number of aromatic nitrogens is 5. The van der Waals surface area contributed by atoms with Crippen molar-refractivity contribution in [2.75, 3.05) is 57.7 Å². The van der Waals surface area contributed by atoms with Gasteiger partial charge in [0.15, 0.2) is 28.7 Å². The summed E-state index contributed by atoms with van der Waals surface area (Å²) in [4.78, 5) is 18.7. The first-order valence-corrected chi connectivity index (χ1v) is 11.6. The molecular formula is C25H27FN8O2. The number of hydrogen-bond acceptors (Lipinski definition) is 10. The summed E-state index contributed by atoms with van der Waals surface area (Å²) in [6.07, 6.45) is 0. The summed E-state index contributed by atoms with van der Waals surface area (Å²) in [6, 6.07) is 11.8. The number of piperazine rings is 1. The van der Waals surface area contributed by atoms with Crippen molar-refractivity contribution in [1.29, 1.82) is 0 Å². The first kappa shape index (κ1) is 23.6. The molecule has 3 heterocycles. The molecule has 0 amide bonds. The van der Waals surface area contributed by atoms with Crippen molar-refractivity contribution in [1.82, 2.24) is 30.0 Å². The fourth-order valence-corrected chi connectivity index (χ4v) is 4.02. The minimum absolute atomic E-state index is 0.273. The third kappa shape index (κ3) is 4.96. The van der Waals surface area contributed by atoms with Gasteiger partial charge in [0, 0.05) is 38.3 Å². The Morgan fingerprint density at radius 2 is 1.64 bits per heavy atom. The molecule has 2 aromatic carbocycles. The van der Waals surface area contributed by atoms with Crippen molar-refractivity contribution >= 4 is 22.9 Å². The standard InChI is InChI=1S/C25H27FN8O2/c1-33-10-12-34(13-11-33)24-21-23(29-25(30-24)27-15-16-4-7-18(26)8-5-16)32-31-22(28-21)17-6-9-19(35-2)20(14-17)36-3/h4-9,14H,10-13,15H2,1-3H3,(H,27,29,30,32). The van der Waals surface area contributed by atoms with Crippen molar-refractivity contribution in [3.63, 3.8) is 0 Å². The molecule has 0 atom stereocenters. The number of benzene rings is 2. The van der Waals surface area contributed by atoms with Crippen molar-refractivity contribution in [3.05, 3.63) is 53.8 Å². The van der Waals surface area contributed by atoms with Gasteiger partial charge in [0.25, 0.3) is 0 Å². The summed E-state index contributed by atoms with van der Waals surface area (Å²) in [7, 11) is 5.28. The van der Waals surface area contributed by atoms with E-state index >= 15 is 0 Å². The number of nitrogens with zero attached hydrogens (tertiary/aromatic N) is 7. The van der Waals surface area contributed by atoms with Gasteiger partial charge in [-0.15, -0.1) is 10.2 Å². The molecule has 0 aliphatic carbocycles. The summed E-state index contributed by atoms with van der Waals surface area (Å²) in [5.74, 6) is 2.48. The third-order valence-corrected chi connectivity index (χ3v) is 6.11. The van der Waals surface area contributed by atoms with E-state index in [1.54, 1.807) is 26.4 Å². The molecule has 0 unspecified atom stereocenters. The second kappa shape index (κ2) is 10.2. The number of anilines is 2. The molecule has 1 aliphatic heterocycles. The van der Waals surface area contributed by atoms with Gasteiger partial charge in [-0.1, -0.05) is 12.1 Å². The average Bonchev–Trinajstić information content (AvgIpc) is 2.92. The summed E-state index contributed by atoms with van der Waals surface area (Å²) >= 11 is 0. The lowest BCUT2D eigenvalue weighted by atomic mass is 10.2. The van der Waals surface area contributed by atoms with Crippen molar-refractivity contribution in [3.8, 4) is 22.9 Å². The number of halogens is 1. The van der Waals surface area contributed by atoms with E-state index < -0.39 is 0 Å². The molecule has 4 aromatic rings. The van der Waals surface area contributed by atoms with Crippen LogP contribution >= 0.6 is 0 Å². The molecule has 5 rings (SSSR count). The molecule has 186 valence electrons. The van der Waals surface area contributed by atoms with Gasteiger partial charge < -0.3 is 24.6 Å². The maximum atomic E-state index is 13.3. The fourth-order valence-electron chi connectivity index (χ4n) is 4.02. The zero-order valence-corrected chi connectivity index (χ0v) is 20.4. The van der Waals surface area contributed by atoms with E-state index in [2.05, 4.69) is 37.3 Å². The highest BCUT2D eigenvalue weighted by Crippen LogP contribution is 2.32. The van der Waals surface area contributed by atoms with Crippen LogP contribution in [0.1, 0.15) is 5.56 Å². The molecule has 10 nitrogen and oxygen atoms in total. The lowest BCUT2D eigenvalue weighted by molar-refractivity contribution is 0.312. The molecule has 0 radical (unpaired) electrons. The maximum Gasteiger partial charge on any atom is 0.227 e. The van der Waals surface area contributed by atoms with E-state index in [1.807, 2.05) is 18.2 Å². The van der Waals surface area contributed by atoms with Crippen LogP contribution in [0.25, 0.3) is 22.6 Å². The topological polar surface area (TPSA) is 101 Å². The summed E-state index contributed by atoms with van der Waals surface area (Å²) in [5.41, 5.74) is 2.62. The SMILES string of the molecule is COc1ccc(-c2nnc3nc(NCc4ccc(F)cc4)nc(N4CCN(C)CC4)c3n2)cc1OC. The molecule has 0 saturated carbocycles. The van der Waals surface area contributed by atoms with Gasteiger partial charge in [0.1, 0.15) is 5.82 Å². The van der Waals surface area contributed by atoms with Gasteiger partial charge in [0.05, 0.1) is 14.2 Å². The van der Waals surface area contributed by atoms with Gasteiger partial charge in [-0.25, -0.2) is 9.37 Å². The van der Waals surface area contributed by atoms with E-state index in [4.69, 9.17) is 19.4 Å². The summed E-state index contributed by atoms with van der Waals surface area (Å²) in [6.45, 7) is 3.86. The minimum atomic E-state index is -0.273. The summed E-state index contributed by atoms with van der Waals surface area (Å²) < 4.78 is 24.0. The predicted molar refractivity (Wildman–Crippen MR) is 135 cm³/mol. The second-order valence-corrected chi connectivity index (χ2v) is 8.52. The lowest BCUT2D eigenvalue weighted by Gasteiger charge is -2.33. The molecule has 1 saturated heterocycles.